The fourth-order valence-electron chi connectivity index (χ4n) is 1.84. The van der Waals surface area contributed by atoms with Crippen LogP contribution in [0.5, 0.6) is 0 Å². The van der Waals surface area contributed by atoms with Crippen LogP contribution in [0.1, 0.15) is 12.8 Å². The molecule has 0 radical (unpaired) electrons. The predicted octanol–water partition coefficient (Wildman–Crippen LogP) is -0.767. The lowest BCUT2D eigenvalue weighted by Crippen LogP contribution is -2.43. The highest BCUT2D eigenvalue weighted by atomic mass is 35.5. The summed E-state index contributed by atoms with van der Waals surface area (Å²) < 4.78 is 0. The van der Waals surface area contributed by atoms with Crippen molar-refractivity contribution >= 4 is 18.3 Å². The molecule has 3 atom stereocenters. The molecule has 0 spiro atoms. The Morgan fingerprint density at radius 2 is 2.31 bits per heavy atom. The van der Waals surface area contributed by atoms with Gasteiger partial charge in [0.25, 0.3) is 0 Å². The Hall–Kier alpha value is -0.320. The van der Waals surface area contributed by atoms with Crippen LogP contribution in [-0.2, 0) is 4.79 Å². The van der Waals surface area contributed by atoms with Gasteiger partial charge in [0.15, 0.2) is 0 Å². The standard InChI is InChI=1S/C8H15N3O.ClH/c9-1-2-10-8(12)7-4-5-3-6(5)11-7;/h5-7,11H,1-4,9H2,(H,10,12);1H/t5-,6-,7-;/m0./s1. The van der Waals surface area contributed by atoms with Crippen molar-refractivity contribution in [1.29, 1.82) is 0 Å². The second-order valence-corrected chi connectivity index (χ2v) is 3.64. The van der Waals surface area contributed by atoms with Crippen molar-refractivity contribution in [3.05, 3.63) is 0 Å². The minimum atomic E-state index is 0. The van der Waals surface area contributed by atoms with Gasteiger partial charge in [0, 0.05) is 19.1 Å². The minimum absolute atomic E-state index is 0. The lowest BCUT2D eigenvalue weighted by Gasteiger charge is -2.12. The molecule has 76 valence electrons. The Kier molecular flexibility index (Phi) is 3.53. The number of nitrogens with two attached hydrogens (primary N) is 1. The summed E-state index contributed by atoms with van der Waals surface area (Å²) in [5.41, 5.74) is 5.28. The highest BCUT2D eigenvalue weighted by Crippen LogP contribution is 2.40. The van der Waals surface area contributed by atoms with Crippen LogP contribution in [0.3, 0.4) is 0 Å². The molecule has 0 aromatic rings. The summed E-state index contributed by atoms with van der Waals surface area (Å²) in [7, 11) is 0. The van der Waals surface area contributed by atoms with Gasteiger partial charge in [-0.25, -0.2) is 0 Å². The highest BCUT2D eigenvalue weighted by molar-refractivity contribution is 5.85. The molecule has 2 fully saturated rings. The molecule has 1 aliphatic carbocycles. The van der Waals surface area contributed by atoms with Gasteiger partial charge in [-0.2, -0.15) is 0 Å². The van der Waals surface area contributed by atoms with E-state index >= 15 is 0 Å². The maximum Gasteiger partial charge on any atom is 0.237 e. The molecule has 1 heterocycles. The SMILES string of the molecule is Cl.NCCNC(=O)[C@@H]1C[C@@H]2C[C@@H]2N1. The highest BCUT2D eigenvalue weighted by Gasteiger charge is 2.47. The van der Waals surface area contributed by atoms with Crippen molar-refractivity contribution in [3.8, 4) is 0 Å². The van der Waals surface area contributed by atoms with Crippen LogP contribution in [0.2, 0.25) is 0 Å². The summed E-state index contributed by atoms with van der Waals surface area (Å²) in [4.78, 5) is 11.3. The van der Waals surface area contributed by atoms with Crippen LogP contribution < -0.4 is 16.4 Å². The topological polar surface area (TPSA) is 67.1 Å². The van der Waals surface area contributed by atoms with Crippen LogP contribution >= 0.6 is 12.4 Å². The smallest absolute Gasteiger partial charge is 0.237 e. The van der Waals surface area contributed by atoms with Gasteiger partial charge < -0.3 is 16.4 Å². The van der Waals surface area contributed by atoms with Gasteiger partial charge in [0.05, 0.1) is 6.04 Å². The summed E-state index contributed by atoms with van der Waals surface area (Å²) >= 11 is 0. The third-order valence-corrected chi connectivity index (χ3v) is 2.64. The molecule has 4 nitrogen and oxygen atoms in total. The van der Waals surface area contributed by atoms with E-state index in [2.05, 4.69) is 10.6 Å². The molecule has 0 aromatic carbocycles. The second kappa shape index (κ2) is 4.26. The van der Waals surface area contributed by atoms with E-state index in [1.54, 1.807) is 0 Å². The molecule has 1 saturated heterocycles. The van der Waals surface area contributed by atoms with Crippen molar-refractivity contribution in [2.24, 2.45) is 11.7 Å². The van der Waals surface area contributed by atoms with Gasteiger partial charge >= 0.3 is 0 Å². The van der Waals surface area contributed by atoms with Crippen LogP contribution in [0.4, 0.5) is 0 Å². The first-order chi connectivity index (χ1) is 5.81. The molecule has 0 aromatic heterocycles. The maximum absolute atomic E-state index is 11.3. The summed E-state index contributed by atoms with van der Waals surface area (Å²) in [6, 6.07) is 0.693. The maximum atomic E-state index is 11.3. The van der Waals surface area contributed by atoms with E-state index in [0.29, 0.717) is 19.1 Å². The van der Waals surface area contributed by atoms with Crippen LogP contribution in [0.15, 0.2) is 0 Å². The zero-order chi connectivity index (χ0) is 8.55. The largest absolute Gasteiger partial charge is 0.353 e. The van der Waals surface area contributed by atoms with Gasteiger partial charge in [-0.1, -0.05) is 0 Å². The van der Waals surface area contributed by atoms with Crippen LogP contribution in [0.25, 0.3) is 0 Å². The van der Waals surface area contributed by atoms with E-state index in [1.807, 2.05) is 0 Å². The number of piperidine rings is 1. The van der Waals surface area contributed by atoms with Gasteiger partial charge in [0.1, 0.15) is 0 Å². The number of hydrogen-bond donors (Lipinski definition) is 3. The van der Waals surface area contributed by atoms with Crippen LogP contribution in [-0.4, -0.2) is 31.1 Å². The van der Waals surface area contributed by atoms with E-state index in [1.165, 1.54) is 6.42 Å². The van der Waals surface area contributed by atoms with Gasteiger partial charge in [-0.15, -0.1) is 12.4 Å². The average molecular weight is 206 g/mol. The summed E-state index contributed by atoms with van der Waals surface area (Å²) in [6.45, 7) is 1.11. The van der Waals surface area contributed by atoms with Gasteiger partial charge in [-0.05, 0) is 18.8 Å². The Labute approximate surface area is 84.0 Å². The normalized spacial score (nSPS) is 34.7. The van der Waals surface area contributed by atoms with E-state index in [0.717, 1.165) is 12.3 Å². The monoisotopic (exact) mass is 205 g/mol. The Balaban J connectivity index is 0.000000845. The zero-order valence-corrected chi connectivity index (χ0v) is 8.27. The molecule has 5 heteroatoms. The molecule has 1 saturated carbocycles. The van der Waals surface area contributed by atoms with E-state index < -0.39 is 0 Å². The first kappa shape index (κ1) is 10.8. The summed E-state index contributed by atoms with van der Waals surface area (Å²) in [6.07, 6.45) is 2.28. The number of carbonyl (C=O) groups is 1. The quantitative estimate of drug-likeness (QED) is 0.567. The summed E-state index contributed by atoms with van der Waals surface area (Å²) in [5, 5.41) is 6.07. The average Bonchev–Trinajstić information content (AvgIpc) is 2.69. The molecular formula is C8H16ClN3O. The molecule has 1 aliphatic heterocycles. The first-order valence-electron chi connectivity index (χ1n) is 4.55. The van der Waals surface area contributed by atoms with Crippen molar-refractivity contribution in [2.75, 3.05) is 13.1 Å². The molecule has 0 bridgehead atoms. The number of amides is 1. The molecule has 2 rings (SSSR count). The fourth-order valence-corrected chi connectivity index (χ4v) is 1.84. The third-order valence-electron chi connectivity index (χ3n) is 2.64. The van der Waals surface area contributed by atoms with E-state index in [9.17, 15) is 4.79 Å². The van der Waals surface area contributed by atoms with Crippen LogP contribution in [0, 0.1) is 5.92 Å². The Morgan fingerprint density at radius 1 is 1.54 bits per heavy atom. The lowest BCUT2D eigenvalue weighted by molar-refractivity contribution is -0.122. The van der Waals surface area contributed by atoms with Crippen molar-refractivity contribution in [2.45, 2.75) is 24.9 Å². The minimum Gasteiger partial charge on any atom is -0.353 e. The van der Waals surface area contributed by atoms with Crippen molar-refractivity contribution in [3.63, 3.8) is 0 Å². The van der Waals surface area contributed by atoms with E-state index in [-0.39, 0.29) is 24.4 Å². The first-order valence-corrected chi connectivity index (χ1v) is 4.55. The molecular weight excluding hydrogens is 190 g/mol. The molecule has 2 aliphatic rings. The molecule has 13 heavy (non-hydrogen) atoms. The van der Waals surface area contributed by atoms with Gasteiger partial charge in [-0.3, -0.25) is 4.79 Å². The molecule has 0 unspecified atom stereocenters. The number of rotatable bonds is 3. The summed E-state index contributed by atoms with van der Waals surface area (Å²) in [5.74, 6) is 0.895. The number of carbonyl (C=O) groups excluding carboxylic acids is 1. The fraction of sp³-hybridized carbons (Fsp3) is 0.875. The Bertz CT molecular complexity index is 190. The number of fused-ring (bicyclic) bond motifs is 1. The number of nitrogens with one attached hydrogen (secondary N) is 2. The lowest BCUT2D eigenvalue weighted by atomic mass is 10.2. The molecule has 4 N–H and O–H groups in total. The van der Waals surface area contributed by atoms with Crippen molar-refractivity contribution in [1.82, 2.24) is 10.6 Å². The van der Waals surface area contributed by atoms with Crippen molar-refractivity contribution < 1.29 is 4.79 Å². The van der Waals surface area contributed by atoms with Gasteiger partial charge in [0.2, 0.25) is 5.91 Å². The second-order valence-electron chi connectivity index (χ2n) is 3.64. The number of hydrogen-bond acceptors (Lipinski definition) is 3. The van der Waals surface area contributed by atoms with E-state index in [4.69, 9.17) is 5.73 Å². The number of halogens is 1. The Morgan fingerprint density at radius 3 is 2.85 bits per heavy atom. The predicted molar refractivity (Wildman–Crippen MR) is 52.7 cm³/mol. The molecule has 1 amide bonds. The zero-order valence-electron chi connectivity index (χ0n) is 7.45. The third kappa shape index (κ3) is 2.33.